The number of aliphatic hydroxyl groups excluding tert-OH is 1. The van der Waals surface area contributed by atoms with Crippen molar-refractivity contribution in [1.29, 1.82) is 0 Å². The lowest BCUT2D eigenvalue weighted by Crippen LogP contribution is -2.24. The van der Waals surface area contributed by atoms with E-state index in [-0.39, 0.29) is 18.4 Å². The second-order valence-corrected chi connectivity index (χ2v) is 3.57. The number of likely N-dealkylation sites (tertiary alicyclic amines) is 1. The molecule has 84 valence electrons. The molecule has 15 heavy (non-hydrogen) atoms. The van der Waals surface area contributed by atoms with Crippen LogP contribution in [0.2, 0.25) is 0 Å². The van der Waals surface area contributed by atoms with E-state index in [9.17, 15) is 9.59 Å². The van der Waals surface area contributed by atoms with Crippen LogP contribution in [-0.4, -0.2) is 42.1 Å². The summed E-state index contributed by atoms with van der Waals surface area (Å²) < 4.78 is 4.47. The Balaban J connectivity index is 2.68. The topological polar surface area (TPSA) is 66.8 Å². The summed E-state index contributed by atoms with van der Waals surface area (Å²) in [5.74, 6) is -0.571. The maximum Gasteiger partial charge on any atom is 0.332 e. The fourth-order valence-corrected chi connectivity index (χ4v) is 1.55. The molecular formula is C10H15NO4. The first kappa shape index (κ1) is 11.7. The van der Waals surface area contributed by atoms with Crippen LogP contribution in [0.15, 0.2) is 11.8 Å². The van der Waals surface area contributed by atoms with E-state index < -0.39 is 5.97 Å². The van der Waals surface area contributed by atoms with Crippen LogP contribution in [0, 0.1) is 5.92 Å². The Morgan fingerprint density at radius 2 is 2.40 bits per heavy atom. The van der Waals surface area contributed by atoms with Crippen LogP contribution in [0.5, 0.6) is 0 Å². The predicted octanol–water partition coefficient (Wildman–Crippen LogP) is -0.0960. The predicted molar refractivity (Wildman–Crippen MR) is 52.7 cm³/mol. The molecule has 1 aliphatic heterocycles. The molecule has 0 bridgehead atoms. The molecule has 0 saturated carbocycles. The molecule has 5 nitrogen and oxygen atoms in total. The lowest BCUT2D eigenvalue weighted by atomic mass is 10.1. The highest BCUT2D eigenvalue weighted by atomic mass is 16.5. The summed E-state index contributed by atoms with van der Waals surface area (Å²) in [6.07, 6.45) is 1.61. The van der Waals surface area contributed by atoms with Gasteiger partial charge < -0.3 is 14.7 Å². The molecule has 0 radical (unpaired) electrons. The molecule has 0 spiro atoms. The normalized spacial score (nSPS) is 22.1. The van der Waals surface area contributed by atoms with Gasteiger partial charge in [-0.25, -0.2) is 4.79 Å². The number of aliphatic hydroxyl groups is 1. The summed E-state index contributed by atoms with van der Waals surface area (Å²) in [6, 6.07) is 0. The van der Waals surface area contributed by atoms with Crippen molar-refractivity contribution in [1.82, 2.24) is 4.90 Å². The van der Waals surface area contributed by atoms with E-state index in [1.165, 1.54) is 18.1 Å². The number of methoxy groups -OCH3 is 1. The first-order valence-electron chi connectivity index (χ1n) is 4.76. The maximum absolute atomic E-state index is 11.5. The number of hydrogen-bond acceptors (Lipinski definition) is 4. The number of carbonyl (C=O) groups excluding carboxylic acids is 2. The van der Waals surface area contributed by atoms with Gasteiger partial charge in [-0.15, -0.1) is 0 Å². The minimum Gasteiger partial charge on any atom is -0.466 e. The fraction of sp³-hybridized carbons (Fsp3) is 0.600. The Kier molecular flexibility index (Phi) is 3.85. The van der Waals surface area contributed by atoms with Gasteiger partial charge in [0.25, 0.3) is 0 Å². The number of carbonyl (C=O) groups is 2. The Bertz CT molecular complexity index is 298. The number of nitrogens with zero attached hydrogens (tertiary/aromatic N) is 1. The smallest absolute Gasteiger partial charge is 0.332 e. The van der Waals surface area contributed by atoms with Gasteiger partial charge >= 0.3 is 5.97 Å². The van der Waals surface area contributed by atoms with Gasteiger partial charge in [0.2, 0.25) is 5.91 Å². The zero-order chi connectivity index (χ0) is 11.4. The highest BCUT2D eigenvalue weighted by molar-refractivity contribution is 5.85. The molecule has 1 amide bonds. The van der Waals surface area contributed by atoms with E-state index in [1.54, 1.807) is 6.92 Å². The van der Waals surface area contributed by atoms with E-state index in [0.717, 1.165) is 0 Å². The molecule has 1 N–H and O–H groups in total. The van der Waals surface area contributed by atoms with Gasteiger partial charge in [-0.05, 0) is 6.92 Å². The quantitative estimate of drug-likeness (QED) is 0.525. The lowest BCUT2D eigenvalue weighted by Gasteiger charge is -2.16. The molecule has 1 rings (SSSR count). The molecule has 1 atom stereocenters. The molecule has 0 aliphatic carbocycles. The van der Waals surface area contributed by atoms with E-state index >= 15 is 0 Å². The van der Waals surface area contributed by atoms with Gasteiger partial charge in [-0.1, -0.05) is 0 Å². The summed E-state index contributed by atoms with van der Waals surface area (Å²) >= 11 is 0. The third kappa shape index (κ3) is 2.79. The van der Waals surface area contributed by atoms with Crippen LogP contribution in [0.25, 0.3) is 0 Å². The van der Waals surface area contributed by atoms with Crippen LogP contribution in [0.1, 0.15) is 13.3 Å². The number of rotatable bonds is 3. The Labute approximate surface area is 88.3 Å². The minimum atomic E-state index is -0.479. The molecular weight excluding hydrogens is 198 g/mol. The fourth-order valence-electron chi connectivity index (χ4n) is 1.55. The van der Waals surface area contributed by atoms with Crippen LogP contribution >= 0.6 is 0 Å². The van der Waals surface area contributed by atoms with Crippen LogP contribution in [-0.2, 0) is 14.3 Å². The molecule has 5 heteroatoms. The Morgan fingerprint density at radius 3 is 2.87 bits per heavy atom. The second kappa shape index (κ2) is 4.93. The van der Waals surface area contributed by atoms with Crippen molar-refractivity contribution in [2.75, 3.05) is 20.3 Å². The molecule has 0 aromatic heterocycles. The second-order valence-electron chi connectivity index (χ2n) is 3.57. The molecule has 0 aromatic carbocycles. The first-order valence-corrected chi connectivity index (χ1v) is 4.76. The number of ether oxygens (including phenoxy) is 1. The van der Waals surface area contributed by atoms with E-state index in [1.807, 2.05) is 0 Å². The largest absolute Gasteiger partial charge is 0.466 e. The average Bonchev–Trinajstić information content (AvgIpc) is 2.59. The van der Waals surface area contributed by atoms with E-state index in [2.05, 4.69) is 4.74 Å². The molecule has 0 aromatic rings. The van der Waals surface area contributed by atoms with Gasteiger partial charge in [0.05, 0.1) is 7.11 Å². The summed E-state index contributed by atoms with van der Waals surface area (Å²) in [5.41, 5.74) is 0.558. The Morgan fingerprint density at radius 1 is 1.73 bits per heavy atom. The monoisotopic (exact) mass is 213 g/mol. The summed E-state index contributed by atoms with van der Waals surface area (Å²) in [5, 5.41) is 8.92. The highest BCUT2D eigenvalue weighted by Gasteiger charge is 2.30. The standard InChI is InChI=1S/C10H15NO4/c1-7(3-10(14)15-2)11-5-8(6-12)4-9(11)13/h3,8,12H,4-6H2,1-2H3. The number of esters is 1. The van der Waals surface area contributed by atoms with Gasteiger partial charge in [0, 0.05) is 37.3 Å². The molecule has 1 aliphatic rings. The van der Waals surface area contributed by atoms with E-state index in [0.29, 0.717) is 18.7 Å². The number of amides is 1. The van der Waals surface area contributed by atoms with Gasteiger partial charge in [-0.2, -0.15) is 0 Å². The summed E-state index contributed by atoms with van der Waals surface area (Å²) in [7, 11) is 1.29. The zero-order valence-corrected chi connectivity index (χ0v) is 8.90. The molecule has 1 heterocycles. The van der Waals surface area contributed by atoms with Crippen LogP contribution in [0.4, 0.5) is 0 Å². The zero-order valence-electron chi connectivity index (χ0n) is 8.90. The van der Waals surface area contributed by atoms with Crippen LogP contribution in [0.3, 0.4) is 0 Å². The van der Waals surface area contributed by atoms with Gasteiger partial charge in [0.15, 0.2) is 0 Å². The Hall–Kier alpha value is -1.36. The van der Waals surface area contributed by atoms with Crippen molar-refractivity contribution in [2.45, 2.75) is 13.3 Å². The van der Waals surface area contributed by atoms with Crippen molar-refractivity contribution >= 4 is 11.9 Å². The summed E-state index contributed by atoms with van der Waals surface area (Å²) in [4.78, 5) is 23.9. The third-order valence-electron chi connectivity index (χ3n) is 2.42. The van der Waals surface area contributed by atoms with Crippen molar-refractivity contribution in [3.8, 4) is 0 Å². The maximum atomic E-state index is 11.5. The van der Waals surface area contributed by atoms with Gasteiger partial charge in [0.1, 0.15) is 0 Å². The van der Waals surface area contributed by atoms with E-state index in [4.69, 9.17) is 5.11 Å². The van der Waals surface area contributed by atoms with Gasteiger partial charge in [-0.3, -0.25) is 4.79 Å². The SMILES string of the molecule is COC(=O)C=C(C)N1CC(CO)CC1=O. The number of allylic oxidation sites excluding steroid dienone is 1. The lowest BCUT2D eigenvalue weighted by molar-refractivity contribution is -0.135. The van der Waals surface area contributed by atoms with Crippen LogP contribution < -0.4 is 0 Å². The summed E-state index contributed by atoms with van der Waals surface area (Å²) in [6.45, 7) is 2.14. The molecule has 1 saturated heterocycles. The van der Waals surface area contributed by atoms with Crippen molar-refractivity contribution < 1.29 is 19.4 Å². The molecule has 1 unspecified atom stereocenters. The average molecular weight is 213 g/mol. The number of hydrogen-bond donors (Lipinski definition) is 1. The third-order valence-corrected chi connectivity index (χ3v) is 2.42. The first-order chi connectivity index (χ1) is 7.08. The van der Waals surface area contributed by atoms with Crippen molar-refractivity contribution in [3.63, 3.8) is 0 Å². The molecule has 1 fully saturated rings. The van der Waals surface area contributed by atoms with Crippen molar-refractivity contribution in [3.05, 3.63) is 11.8 Å². The van der Waals surface area contributed by atoms with Crippen molar-refractivity contribution in [2.24, 2.45) is 5.92 Å². The minimum absolute atomic E-state index is 0.00621. The highest BCUT2D eigenvalue weighted by Crippen LogP contribution is 2.21.